The second kappa shape index (κ2) is 3.46. The lowest BCUT2D eigenvalue weighted by Gasteiger charge is -2.25. The SMILES string of the molecule is O=C([O-])[C@@]1(Cc2ccco2)CCC[NH2+]1. The maximum absolute atomic E-state index is 11.1. The van der Waals surface area contributed by atoms with E-state index in [1.807, 2.05) is 5.32 Å². The second-order valence-electron chi connectivity index (χ2n) is 3.80. The van der Waals surface area contributed by atoms with Crippen LogP contribution in [0.1, 0.15) is 18.6 Å². The standard InChI is InChI=1S/C10H13NO3/c12-9(13)10(4-2-5-11-10)7-8-3-1-6-14-8/h1,3,6,11H,2,4-5,7H2,(H,12,13)/t10-/m0/s1. The van der Waals surface area contributed by atoms with Crippen molar-refractivity contribution in [3.8, 4) is 0 Å². The van der Waals surface area contributed by atoms with E-state index in [9.17, 15) is 9.90 Å². The monoisotopic (exact) mass is 195 g/mol. The molecular formula is C10H13NO3. The minimum absolute atomic E-state index is 0.419. The fourth-order valence-corrected chi connectivity index (χ4v) is 2.04. The van der Waals surface area contributed by atoms with Crippen LogP contribution in [-0.4, -0.2) is 18.1 Å². The molecule has 1 atom stereocenters. The summed E-state index contributed by atoms with van der Waals surface area (Å²) in [6, 6.07) is 3.57. The van der Waals surface area contributed by atoms with Crippen molar-refractivity contribution in [2.75, 3.05) is 6.54 Å². The van der Waals surface area contributed by atoms with Gasteiger partial charge in [-0.1, -0.05) is 0 Å². The van der Waals surface area contributed by atoms with Crippen LogP contribution in [0.4, 0.5) is 0 Å². The van der Waals surface area contributed by atoms with Crippen LogP contribution >= 0.6 is 0 Å². The Balaban J connectivity index is 2.16. The van der Waals surface area contributed by atoms with E-state index < -0.39 is 11.5 Å². The van der Waals surface area contributed by atoms with E-state index in [0.717, 1.165) is 13.0 Å². The molecule has 4 nitrogen and oxygen atoms in total. The summed E-state index contributed by atoms with van der Waals surface area (Å²) in [6.45, 7) is 0.856. The predicted molar refractivity (Wildman–Crippen MR) is 46.2 cm³/mol. The van der Waals surface area contributed by atoms with Gasteiger partial charge in [-0.15, -0.1) is 0 Å². The van der Waals surface area contributed by atoms with Crippen LogP contribution in [0.25, 0.3) is 0 Å². The number of hydrogen-bond donors (Lipinski definition) is 1. The van der Waals surface area contributed by atoms with E-state index in [2.05, 4.69) is 0 Å². The van der Waals surface area contributed by atoms with E-state index >= 15 is 0 Å². The molecule has 0 radical (unpaired) electrons. The zero-order chi connectivity index (χ0) is 10.0. The molecule has 1 aromatic heterocycles. The van der Waals surface area contributed by atoms with E-state index in [0.29, 0.717) is 18.6 Å². The van der Waals surface area contributed by atoms with Crippen molar-refractivity contribution in [1.82, 2.24) is 0 Å². The smallest absolute Gasteiger partial charge is 0.143 e. The van der Waals surface area contributed by atoms with E-state index in [4.69, 9.17) is 4.42 Å². The summed E-state index contributed by atoms with van der Waals surface area (Å²) in [4.78, 5) is 11.1. The molecule has 4 heteroatoms. The summed E-state index contributed by atoms with van der Waals surface area (Å²) in [5.74, 6) is -0.265. The Bertz CT molecular complexity index is 312. The van der Waals surface area contributed by atoms with Crippen LogP contribution in [0.3, 0.4) is 0 Å². The van der Waals surface area contributed by atoms with Gasteiger partial charge in [0.25, 0.3) is 0 Å². The predicted octanol–water partition coefficient (Wildman–Crippen LogP) is -1.33. The first-order valence-electron chi connectivity index (χ1n) is 4.81. The van der Waals surface area contributed by atoms with Crippen LogP contribution in [0.2, 0.25) is 0 Å². The highest BCUT2D eigenvalue weighted by molar-refractivity contribution is 5.75. The zero-order valence-electron chi connectivity index (χ0n) is 7.86. The number of quaternary nitrogens is 1. The van der Waals surface area contributed by atoms with Crippen LogP contribution in [0.15, 0.2) is 22.8 Å². The van der Waals surface area contributed by atoms with Gasteiger partial charge in [-0.05, 0) is 12.1 Å². The average Bonchev–Trinajstić information content (AvgIpc) is 2.76. The van der Waals surface area contributed by atoms with Crippen LogP contribution in [-0.2, 0) is 11.2 Å². The van der Waals surface area contributed by atoms with Gasteiger partial charge in [0.1, 0.15) is 17.3 Å². The molecular weight excluding hydrogens is 182 g/mol. The summed E-state index contributed by atoms with van der Waals surface area (Å²) in [6.07, 6.45) is 3.57. The summed E-state index contributed by atoms with van der Waals surface area (Å²) >= 11 is 0. The van der Waals surface area contributed by atoms with Gasteiger partial charge < -0.3 is 19.6 Å². The Morgan fingerprint density at radius 1 is 1.71 bits per heavy atom. The molecule has 0 saturated carbocycles. The molecule has 1 aliphatic rings. The van der Waals surface area contributed by atoms with Crippen molar-refractivity contribution in [2.45, 2.75) is 24.8 Å². The third-order valence-corrected chi connectivity index (χ3v) is 2.84. The molecule has 1 saturated heterocycles. The molecule has 0 spiro atoms. The Hall–Kier alpha value is -1.29. The molecule has 0 bridgehead atoms. The van der Waals surface area contributed by atoms with Gasteiger partial charge in [-0.2, -0.15) is 0 Å². The first-order valence-corrected chi connectivity index (χ1v) is 4.81. The Kier molecular flexibility index (Phi) is 2.29. The molecule has 2 N–H and O–H groups in total. The van der Waals surface area contributed by atoms with Gasteiger partial charge in [0.05, 0.1) is 19.2 Å². The highest BCUT2D eigenvalue weighted by Gasteiger charge is 2.40. The molecule has 0 aromatic carbocycles. The molecule has 0 aliphatic carbocycles. The van der Waals surface area contributed by atoms with Crippen molar-refractivity contribution in [1.29, 1.82) is 0 Å². The molecule has 1 aromatic rings. The molecule has 2 rings (SSSR count). The Morgan fingerprint density at radius 3 is 3.07 bits per heavy atom. The van der Waals surface area contributed by atoms with Gasteiger partial charge >= 0.3 is 0 Å². The van der Waals surface area contributed by atoms with E-state index in [-0.39, 0.29) is 0 Å². The van der Waals surface area contributed by atoms with Crippen molar-refractivity contribution < 1.29 is 19.6 Å². The molecule has 0 unspecified atom stereocenters. The highest BCUT2D eigenvalue weighted by Crippen LogP contribution is 2.18. The molecule has 14 heavy (non-hydrogen) atoms. The minimum Gasteiger partial charge on any atom is -0.544 e. The number of rotatable bonds is 3. The van der Waals surface area contributed by atoms with Gasteiger partial charge in [-0.25, -0.2) is 0 Å². The third-order valence-electron chi connectivity index (χ3n) is 2.84. The molecule has 1 aliphatic heterocycles. The van der Waals surface area contributed by atoms with Crippen LogP contribution < -0.4 is 10.4 Å². The lowest BCUT2D eigenvalue weighted by molar-refractivity contribution is -0.700. The van der Waals surface area contributed by atoms with Crippen molar-refractivity contribution >= 4 is 5.97 Å². The normalized spacial score (nSPS) is 26.6. The first-order chi connectivity index (χ1) is 6.73. The summed E-state index contributed by atoms with van der Waals surface area (Å²) in [5.41, 5.74) is -0.794. The zero-order valence-corrected chi connectivity index (χ0v) is 7.86. The molecule has 2 heterocycles. The average molecular weight is 195 g/mol. The third kappa shape index (κ3) is 1.53. The first kappa shape index (κ1) is 9.27. The molecule has 1 fully saturated rings. The Morgan fingerprint density at radius 2 is 2.57 bits per heavy atom. The van der Waals surface area contributed by atoms with Crippen molar-refractivity contribution in [3.05, 3.63) is 24.2 Å². The number of nitrogens with two attached hydrogens (primary N) is 1. The van der Waals surface area contributed by atoms with Gasteiger partial charge in [0.15, 0.2) is 0 Å². The highest BCUT2D eigenvalue weighted by atomic mass is 16.4. The number of carbonyl (C=O) groups excluding carboxylic acids is 1. The van der Waals surface area contributed by atoms with E-state index in [1.54, 1.807) is 18.4 Å². The number of carboxylic acid groups (broad SMARTS) is 1. The lowest BCUT2D eigenvalue weighted by Crippen LogP contribution is -2.97. The molecule has 76 valence electrons. The Labute approximate surface area is 81.9 Å². The van der Waals surface area contributed by atoms with Gasteiger partial charge in [0.2, 0.25) is 0 Å². The quantitative estimate of drug-likeness (QED) is 0.649. The fraction of sp³-hybridized carbons (Fsp3) is 0.500. The van der Waals surface area contributed by atoms with Crippen molar-refractivity contribution in [3.63, 3.8) is 0 Å². The van der Waals surface area contributed by atoms with Gasteiger partial charge in [0, 0.05) is 12.8 Å². The summed E-state index contributed by atoms with van der Waals surface area (Å²) in [5, 5.41) is 12.9. The minimum atomic E-state index is -0.980. The second-order valence-corrected chi connectivity index (χ2v) is 3.80. The molecule has 0 amide bonds. The maximum atomic E-state index is 11.1. The van der Waals surface area contributed by atoms with Crippen LogP contribution in [0, 0.1) is 0 Å². The number of hydrogen-bond acceptors (Lipinski definition) is 3. The number of carboxylic acids is 1. The largest absolute Gasteiger partial charge is 0.544 e. The fourth-order valence-electron chi connectivity index (χ4n) is 2.04. The van der Waals surface area contributed by atoms with Crippen molar-refractivity contribution in [2.24, 2.45) is 0 Å². The lowest BCUT2D eigenvalue weighted by atomic mass is 9.92. The summed E-state index contributed by atoms with van der Waals surface area (Å²) < 4.78 is 5.16. The maximum Gasteiger partial charge on any atom is 0.143 e. The number of aliphatic carboxylic acids is 1. The van der Waals surface area contributed by atoms with Crippen LogP contribution in [0.5, 0.6) is 0 Å². The van der Waals surface area contributed by atoms with Gasteiger partial charge in [-0.3, -0.25) is 0 Å². The topological polar surface area (TPSA) is 69.9 Å². The number of carbonyl (C=O) groups is 1. The number of furan rings is 1. The van der Waals surface area contributed by atoms with E-state index in [1.165, 1.54) is 0 Å². The summed E-state index contributed by atoms with van der Waals surface area (Å²) in [7, 11) is 0.